The number of aliphatic imine (C=N–C) groups is 3. The number of nitrogens with one attached hydrogen (secondary N) is 4. The van der Waals surface area contributed by atoms with Crippen molar-refractivity contribution in [1.82, 2.24) is 21.3 Å². The first-order valence-electron chi connectivity index (χ1n) is 15.3. The average molecular weight is 695 g/mol. The van der Waals surface area contributed by atoms with Crippen LogP contribution in [0.1, 0.15) is 51.5 Å². The fraction of sp³-hybridized carbons (Fsp3) is 0.517. The number of carbonyl (C=O) groups excluding carboxylic acids is 5. The van der Waals surface area contributed by atoms with Gasteiger partial charge in [-0.3, -0.25) is 38.9 Å². The third kappa shape index (κ3) is 29.3. The molecule has 0 aliphatic rings. The molecule has 0 saturated heterocycles. The number of rotatable bonds is 18. The van der Waals surface area contributed by atoms with Crippen LogP contribution in [-0.2, 0) is 24.0 Å². The Hall–Kier alpha value is -5.82. The molecule has 0 aromatic heterocycles. The quantitative estimate of drug-likeness (QED) is 0.0399. The van der Waals surface area contributed by atoms with Crippen molar-refractivity contribution in [3.05, 3.63) is 29.8 Å². The highest BCUT2D eigenvalue weighted by atomic mass is 16.3. The van der Waals surface area contributed by atoms with Gasteiger partial charge in [-0.05, 0) is 51.2 Å². The number of nitrogens with two attached hydrogens (primary N) is 7. The molecule has 0 heterocycles. The fourth-order valence-electron chi connectivity index (χ4n) is 3.41. The van der Waals surface area contributed by atoms with Gasteiger partial charge in [0.15, 0.2) is 17.9 Å². The van der Waals surface area contributed by atoms with Crippen LogP contribution in [0.4, 0.5) is 0 Å². The molecule has 0 fully saturated rings. The zero-order valence-electron chi connectivity index (χ0n) is 28.4. The third-order valence-electron chi connectivity index (χ3n) is 5.65. The van der Waals surface area contributed by atoms with E-state index < -0.39 is 54.7 Å². The summed E-state index contributed by atoms with van der Waals surface area (Å²) in [6.45, 7) is 5.60. The lowest BCUT2D eigenvalue weighted by molar-refractivity contribution is -0.131. The van der Waals surface area contributed by atoms with Crippen LogP contribution in [0.25, 0.3) is 0 Å². The molecule has 19 N–H and O–H groups in total. The number of nitrogens with zero attached hydrogens (tertiary/aromatic N) is 3. The number of hydrogen-bond acceptors (Lipinski definition) is 9. The highest BCUT2D eigenvalue weighted by molar-refractivity contribution is 5.93. The highest BCUT2D eigenvalue weighted by Gasteiger charge is 2.23. The largest absolute Gasteiger partial charge is 0.508 e. The number of hydrogen-bond donors (Lipinski definition) is 12. The number of aryl methyl sites for hydroxylation is 1. The van der Waals surface area contributed by atoms with E-state index in [1.807, 2.05) is 26.0 Å². The van der Waals surface area contributed by atoms with Crippen molar-refractivity contribution in [2.75, 3.05) is 32.7 Å². The number of phenols is 1. The average Bonchev–Trinajstić information content (AvgIpc) is 3.02. The van der Waals surface area contributed by atoms with Crippen molar-refractivity contribution in [2.24, 2.45) is 55.1 Å². The first kappa shape index (κ1) is 45.3. The zero-order chi connectivity index (χ0) is 37.8. The molecule has 1 unspecified atom stereocenters. The van der Waals surface area contributed by atoms with E-state index in [1.54, 1.807) is 12.1 Å². The van der Waals surface area contributed by atoms with Crippen LogP contribution < -0.4 is 61.4 Å². The number of aromatic hydroxyl groups is 1. The van der Waals surface area contributed by atoms with Crippen molar-refractivity contribution in [3.63, 3.8) is 0 Å². The van der Waals surface area contributed by atoms with E-state index in [0.717, 1.165) is 13.0 Å². The molecule has 0 bridgehead atoms. The lowest BCUT2D eigenvalue weighted by atomic mass is 10.1. The van der Waals surface area contributed by atoms with E-state index in [-0.39, 0.29) is 43.8 Å². The van der Waals surface area contributed by atoms with E-state index in [0.29, 0.717) is 18.6 Å². The molecule has 1 aromatic rings. The van der Waals surface area contributed by atoms with Crippen LogP contribution >= 0.6 is 0 Å². The maximum Gasteiger partial charge on any atom is 0.243 e. The number of primary amides is 1. The molecule has 20 nitrogen and oxygen atoms in total. The first-order chi connectivity index (χ1) is 23.0. The summed E-state index contributed by atoms with van der Waals surface area (Å²) < 4.78 is 0. The molecular weight excluding hydrogens is 640 g/mol. The van der Waals surface area contributed by atoms with Crippen molar-refractivity contribution in [1.29, 1.82) is 0 Å². The lowest BCUT2D eigenvalue weighted by Gasteiger charge is -2.20. The van der Waals surface area contributed by atoms with Crippen LogP contribution in [0.2, 0.25) is 0 Å². The number of benzene rings is 1. The minimum absolute atomic E-state index is 0.0927. The summed E-state index contributed by atoms with van der Waals surface area (Å²) in [4.78, 5) is 70.6. The Balaban J connectivity index is 0. The van der Waals surface area contributed by atoms with E-state index in [2.05, 4.69) is 36.2 Å². The molecule has 5 amide bonds. The molecule has 1 rings (SSSR count). The second kappa shape index (κ2) is 27.3. The molecule has 2 atom stereocenters. The third-order valence-corrected chi connectivity index (χ3v) is 5.65. The summed E-state index contributed by atoms with van der Waals surface area (Å²) in [5.41, 5.74) is 37.2. The van der Waals surface area contributed by atoms with Crippen molar-refractivity contribution < 1.29 is 29.1 Å². The van der Waals surface area contributed by atoms with Gasteiger partial charge in [-0.2, -0.15) is 0 Å². The first-order valence-corrected chi connectivity index (χ1v) is 15.3. The van der Waals surface area contributed by atoms with E-state index in [9.17, 15) is 24.0 Å². The smallest absolute Gasteiger partial charge is 0.243 e. The molecule has 20 heteroatoms. The van der Waals surface area contributed by atoms with Gasteiger partial charge in [0.25, 0.3) is 0 Å². The predicted molar refractivity (Wildman–Crippen MR) is 188 cm³/mol. The van der Waals surface area contributed by atoms with Crippen LogP contribution in [0.3, 0.4) is 0 Å². The second-order valence-corrected chi connectivity index (χ2v) is 10.3. The number of phenolic OH excluding ortho intramolecular Hbond substituents is 1. The minimum Gasteiger partial charge on any atom is -0.508 e. The molecule has 276 valence electrons. The molecule has 0 radical (unpaired) electrons. The normalized spacial score (nSPS) is 10.8. The van der Waals surface area contributed by atoms with E-state index in [4.69, 9.17) is 45.2 Å². The van der Waals surface area contributed by atoms with Gasteiger partial charge in [0.1, 0.15) is 17.8 Å². The number of guanidine groups is 3. The lowest BCUT2D eigenvalue weighted by Crippen LogP contribution is -2.52. The molecule has 49 heavy (non-hydrogen) atoms. The molecule has 0 saturated carbocycles. The van der Waals surface area contributed by atoms with Crippen LogP contribution in [0, 0.1) is 6.92 Å². The summed E-state index contributed by atoms with van der Waals surface area (Å²) in [7, 11) is 0. The van der Waals surface area contributed by atoms with Gasteiger partial charge >= 0.3 is 0 Å². The maximum absolute atomic E-state index is 12.4. The van der Waals surface area contributed by atoms with Crippen LogP contribution in [0.5, 0.6) is 5.75 Å². The van der Waals surface area contributed by atoms with E-state index >= 15 is 0 Å². The van der Waals surface area contributed by atoms with Crippen molar-refractivity contribution >= 4 is 47.4 Å². The summed E-state index contributed by atoms with van der Waals surface area (Å²) in [6, 6.07) is 5.16. The number of amides is 5. The van der Waals surface area contributed by atoms with Gasteiger partial charge in [-0.15, -0.1) is 0 Å². The fourth-order valence-corrected chi connectivity index (χ4v) is 3.41. The van der Waals surface area contributed by atoms with Gasteiger partial charge < -0.3 is 66.5 Å². The Labute approximate surface area is 286 Å². The molecule has 0 aliphatic heterocycles. The predicted octanol–water partition coefficient (Wildman–Crippen LogP) is -3.83. The molecule has 0 aliphatic carbocycles. The van der Waals surface area contributed by atoms with Crippen molar-refractivity contribution in [3.8, 4) is 5.75 Å². The zero-order valence-corrected chi connectivity index (χ0v) is 28.4. The molecule has 1 aromatic carbocycles. The van der Waals surface area contributed by atoms with Crippen LogP contribution in [0.15, 0.2) is 39.2 Å². The van der Waals surface area contributed by atoms with Crippen LogP contribution in [-0.4, -0.2) is 97.3 Å². The van der Waals surface area contributed by atoms with Gasteiger partial charge in [0.2, 0.25) is 29.5 Å². The van der Waals surface area contributed by atoms with Gasteiger partial charge in [0.05, 0.1) is 13.1 Å². The van der Waals surface area contributed by atoms with Gasteiger partial charge in [-0.1, -0.05) is 24.6 Å². The van der Waals surface area contributed by atoms with Gasteiger partial charge in [0, 0.05) is 26.6 Å². The summed E-state index contributed by atoms with van der Waals surface area (Å²) in [5, 5.41) is 18.4. The Kier molecular flexibility index (Phi) is 25.2. The summed E-state index contributed by atoms with van der Waals surface area (Å²) >= 11 is 0. The Morgan fingerprint density at radius 2 is 1.12 bits per heavy atom. The SMILES string of the molecule is CC(=O)NC(CCCN=C(N)N)C(=O)NCC(=O)N[C@@H](CCCN=C(N)N)C(=O)NCC(N)=O.CCCN=C(N)N.Cc1ccc(O)cc1. The standard InChI is InChI=1S/C18H35N11O5.C7H8O.C4H11N3/c1-10(30)28-11(4-2-6-24-17(20)21)15(33)27-9-14(32)29-12(5-3-7-25-18(22)23)16(34)26-8-13(19)31;1-6-2-4-7(8)5-3-6;1-2-3-7-4(5)6/h11-12H,2-9H2,1H3,(H2,19,31)(H,26,34)(H,27,33)(H,28,30)(H,29,32)(H4,20,21,24)(H4,22,23,25);2-5,8H,1H3;2-3H2,1H3,(H4,5,6,7)/t11?,12-;;/m0../s1. The molecular formula is C29H54N14O6. The topological polar surface area (TPSA) is 373 Å². The Morgan fingerprint density at radius 3 is 1.49 bits per heavy atom. The molecule has 0 spiro atoms. The Bertz CT molecular complexity index is 1220. The number of carbonyl (C=O) groups is 5. The summed E-state index contributed by atoms with van der Waals surface area (Å²) in [6.07, 6.45) is 2.13. The van der Waals surface area contributed by atoms with E-state index in [1.165, 1.54) is 12.5 Å². The van der Waals surface area contributed by atoms with Crippen molar-refractivity contribution in [2.45, 2.75) is 65.0 Å². The Morgan fingerprint density at radius 1 is 0.694 bits per heavy atom. The highest BCUT2D eigenvalue weighted by Crippen LogP contribution is 2.07. The summed E-state index contributed by atoms with van der Waals surface area (Å²) in [5.74, 6) is -2.79. The maximum atomic E-state index is 12.4. The van der Waals surface area contributed by atoms with Gasteiger partial charge in [-0.25, -0.2) is 0 Å². The monoisotopic (exact) mass is 694 g/mol. The minimum atomic E-state index is -1.02. The second-order valence-electron chi connectivity index (χ2n) is 10.3.